The van der Waals surface area contributed by atoms with Crippen molar-refractivity contribution in [3.63, 3.8) is 0 Å². The Kier molecular flexibility index (Phi) is 6.83. The van der Waals surface area contributed by atoms with Gasteiger partial charge in [0.05, 0.1) is 12.6 Å². The van der Waals surface area contributed by atoms with E-state index in [1.54, 1.807) is 31.2 Å². The molecule has 1 aromatic rings. The molecule has 1 rings (SSSR count). The zero-order valence-corrected chi connectivity index (χ0v) is 11.7. The van der Waals surface area contributed by atoms with E-state index in [1.807, 2.05) is 6.92 Å². The molecule has 0 aliphatic rings. The number of carbonyl (C=O) groups is 1. The molecule has 6 heteroatoms. The molecule has 0 fully saturated rings. The zero-order valence-electron chi connectivity index (χ0n) is 11.7. The van der Waals surface area contributed by atoms with Crippen molar-refractivity contribution in [1.82, 2.24) is 5.32 Å². The summed E-state index contributed by atoms with van der Waals surface area (Å²) in [5.74, 6) is 0.173. The Morgan fingerprint density at radius 2 is 2.00 bits per heavy atom. The minimum atomic E-state index is -1.11. The van der Waals surface area contributed by atoms with Crippen LogP contribution in [0.25, 0.3) is 0 Å². The van der Waals surface area contributed by atoms with Crippen LogP contribution in [0.1, 0.15) is 25.8 Å². The molecule has 0 aliphatic carbocycles. The van der Waals surface area contributed by atoms with Gasteiger partial charge in [0.15, 0.2) is 0 Å². The molecule has 1 aromatic carbocycles. The molecule has 6 nitrogen and oxygen atoms in total. The highest BCUT2D eigenvalue weighted by Gasteiger charge is 2.21. The van der Waals surface area contributed by atoms with Gasteiger partial charge in [-0.2, -0.15) is 0 Å². The van der Waals surface area contributed by atoms with Crippen molar-refractivity contribution in [3.05, 3.63) is 29.8 Å². The summed E-state index contributed by atoms with van der Waals surface area (Å²) in [6, 6.07) is 6.17. The fraction of sp³-hybridized carbons (Fsp3) is 0.500. The summed E-state index contributed by atoms with van der Waals surface area (Å²) in [4.78, 5) is 21.0. The second kappa shape index (κ2) is 8.39. The summed E-state index contributed by atoms with van der Waals surface area (Å²) in [6.07, 6.45) is -0.267. The third-order valence-electron chi connectivity index (χ3n) is 2.77. The fourth-order valence-corrected chi connectivity index (χ4v) is 1.68. The maximum absolute atomic E-state index is 10.8. The van der Waals surface area contributed by atoms with Crippen molar-refractivity contribution in [2.24, 2.45) is 0 Å². The first-order valence-electron chi connectivity index (χ1n) is 6.58. The van der Waals surface area contributed by atoms with Gasteiger partial charge in [-0.15, -0.1) is 0 Å². The molecule has 0 aliphatic heterocycles. The van der Waals surface area contributed by atoms with Gasteiger partial charge in [0.2, 0.25) is 0 Å². The summed E-state index contributed by atoms with van der Waals surface area (Å²) < 4.78 is 0. The minimum absolute atomic E-state index is 0.173. The fourth-order valence-electron chi connectivity index (χ4n) is 1.68. The van der Waals surface area contributed by atoms with Crippen LogP contribution in [0.4, 0.5) is 4.79 Å². The van der Waals surface area contributed by atoms with Gasteiger partial charge in [-0.3, -0.25) is 0 Å². The van der Waals surface area contributed by atoms with Crippen LogP contribution in [-0.4, -0.2) is 35.1 Å². The van der Waals surface area contributed by atoms with Crippen LogP contribution in [0.2, 0.25) is 0 Å². The van der Waals surface area contributed by atoms with E-state index in [-0.39, 0.29) is 5.75 Å². The van der Waals surface area contributed by atoms with Gasteiger partial charge in [0, 0.05) is 0 Å². The first-order chi connectivity index (χ1) is 9.52. The third-order valence-corrected chi connectivity index (χ3v) is 2.77. The van der Waals surface area contributed by atoms with Gasteiger partial charge in [-0.1, -0.05) is 19.1 Å². The number of amides is 1. The van der Waals surface area contributed by atoms with Crippen LogP contribution in [0.15, 0.2) is 24.3 Å². The Balaban J connectivity index is 2.62. The predicted octanol–water partition coefficient (Wildman–Crippen LogP) is 2.32. The van der Waals surface area contributed by atoms with Crippen LogP contribution < -0.4 is 5.32 Å². The molecule has 0 bridgehead atoms. The maximum atomic E-state index is 10.8. The molecule has 2 unspecified atom stereocenters. The van der Waals surface area contributed by atoms with E-state index in [1.165, 1.54) is 0 Å². The monoisotopic (exact) mass is 283 g/mol. The van der Waals surface area contributed by atoms with Gasteiger partial charge in [0.1, 0.15) is 11.9 Å². The quantitative estimate of drug-likeness (QED) is 0.387. The van der Waals surface area contributed by atoms with Gasteiger partial charge >= 0.3 is 6.09 Å². The predicted molar refractivity (Wildman–Crippen MR) is 73.5 cm³/mol. The lowest BCUT2D eigenvalue weighted by molar-refractivity contribution is -0.324. The molecule has 0 heterocycles. The largest absolute Gasteiger partial charge is 0.508 e. The van der Waals surface area contributed by atoms with Crippen molar-refractivity contribution in [3.8, 4) is 5.75 Å². The number of nitrogens with one attached hydrogen (secondary N) is 1. The third kappa shape index (κ3) is 5.90. The molecule has 112 valence electrons. The van der Waals surface area contributed by atoms with Crippen molar-refractivity contribution in [2.75, 3.05) is 6.61 Å². The van der Waals surface area contributed by atoms with E-state index in [2.05, 4.69) is 5.32 Å². The SMILES string of the molecule is CCCOOC(C)C(Cc1ccc(O)cc1)NC(=O)O. The normalized spacial score (nSPS) is 13.7. The molecule has 1 amide bonds. The number of carboxylic acid groups (broad SMARTS) is 1. The molecule has 20 heavy (non-hydrogen) atoms. The molecule has 0 aromatic heterocycles. The Morgan fingerprint density at radius 1 is 1.35 bits per heavy atom. The maximum Gasteiger partial charge on any atom is 0.404 e. The molecule has 0 spiro atoms. The average molecular weight is 283 g/mol. The summed E-state index contributed by atoms with van der Waals surface area (Å²) in [6.45, 7) is 4.16. The summed E-state index contributed by atoms with van der Waals surface area (Å²) in [7, 11) is 0. The van der Waals surface area contributed by atoms with Crippen LogP contribution in [0.5, 0.6) is 5.75 Å². The van der Waals surface area contributed by atoms with Crippen molar-refractivity contribution in [1.29, 1.82) is 0 Å². The van der Waals surface area contributed by atoms with Gasteiger partial charge < -0.3 is 15.5 Å². The second-order valence-corrected chi connectivity index (χ2v) is 4.55. The highest BCUT2D eigenvalue weighted by molar-refractivity contribution is 5.65. The van der Waals surface area contributed by atoms with E-state index in [0.29, 0.717) is 13.0 Å². The Morgan fingerprint density at radius 3 is 2.55 bits per heavy atom. The Labute approximate surface area is 118 Å². The number of phenolic OH excluding ortho intramolecular Hbond substituents is 1. The van der Waals surface area contributed by atoms with Gasteiger partial charge in [-0.25, -0.2) is 14.6 Å². The number of benzene rings is 1. The first-order valence-corrected chi connectivity index (χ1v) is 6.58. The molecule has 0 radical (unpaired) electrons. The topological polar surface area (TPSA) is 88.0 Å². The van der Waals surface area contributed by atoms with Gasteiger partial charge in [-0.05, 0) is 37.5 Å². The number of rotatable bonds is 8. The van der Waals surface area contributed by atoms with Crippen LogP contribution in [0, 0.1) is 0 Å². The van der Waals surface area contributed by atoms with E-state index in [9.17, 15) is 9.90 Å². The number of phenols is 1. The lowest BCUT2D eigenvalue weighted by Crippen LogP contribution is -2.44. The lowest BCUT2D eigenvalue weighted by Gasteiger charge is -2.23. The van der Waals surface area contributed by atoms with Crippen LogP contribution in [-0.2, 0) is 16.2 Å². The molecule has 0 saturated carbocycles. The number of aromatic hydroxyl groups is 1. The van der Waals surface area contributed by atoms with E-state index >= 15 is 0 Å². The zero-order chi connectivity index (χ0) is 15.0. The molecule has 3 N–H and O–H groups in total. The van der Waals surface area contributed by atoms with Crippen molar-refractivity contribution in [2.45, 2.75) is 38.8 Å². The number of hydrogen-bond acceptors (Lipinski definition) is 4. The van der Waals surface area contributed by atoms with Crippen LogP contribution >= 0.6 is 0 Å². The van der Waals surface area contributed by atoms with Crippen molar-refractivity contribution >= 4 is 6.09 Å². The Bertz CT molecular complexity index is 407. The number of hydrogen-bond donors (Lipinski definition) is 3. The minimum Gasteiger partial charge on any atom is -0.508 e. The standard InChI is InChI=1S/C14H21NO5/c1-3-8-19-20-10(2)13(15-14(17)18)9-11-4-6-12(16)7-5-11/h4-7,10,13,15-16H,3,8-9H2,1-2H3,(H,17,18). The molecular weight excluding hydrogens is 262 g/mol. The summed E-state index contributed by atoms with van der Waals surface area (Å²) in [5.41, 5.74) is 0.896. The Hall–Kier alpha value is -1.79. The first kappa shape index (κ1) is 16.3. The smallest absolute Gasteiger partial charge is 0.404 e. The van der Waals surface area contributed by atoms with Crippen LogP contribution in [0.3, 0.4) is 0 Å². The van der Waals surface area contributed by atoms with E-state index in [4.69, 9.17) is 14.9 Å². The van der Waals surface area contributed by atoms with E-state index in [0.717, 1.165) is 12.0 Å². The highest BCUT2D eigenvalue weighted by atomic mass is 17.2. The summed E-state index contributed by atoms with van der Waals surface area (Å²) in [5, 5.41) is 20.5. The van der Waals surface area contributed by atoms with E-state index < -0.39 is 18.2 Å². The lowest BCUT2D eigenvalue weighted by atomic mass is 10.0. The van der Waals surface area contributed by atoms with Gasteiger partial charge in [0.25, 0.3) is 0 Å². The average Bonchev–Trinajstić information content (AvgIpc) is 2.40. The van der Waals surface area contributed by atoms with Crippen molar-refractivity contribution < 1.29 is 24.8 Å². The second-order valence-electron chi connectivity index (χ2n) is 4.55. The summed E-state index contributed by atoms with van der Waals surface area (Å²) >= 11 is 0. The molecular formula is C14H21NO5. The highest BCUT2D eigenvalue weighted by Crippen LogP contribution is 2.13. The molecule has 0 saturated heterocycles. The molecule has 2 atom stereocenters.